The average Bonchev–Trinajstić information content (AvgIpc) is 2.80. The highest BCUT2D eigenvalue weighted by Gasteiger charge is 2.09. The van der Waals surface area contributed by atoms with Crippen molar-refractivity contribution in [3.8, 4) is 5.88 Å². The van der Waals surface area contributed by atoms with E-state index in [1.165, 1.54) is 0 Å². The first kappa shape index (κ1) is 11.9. The van der Waals surface area contributed by atoms with Gasteiger partial charge in [-0.1, -0.05) is 6.07 Å². The number of amidine groups is 1. The smallest absolute Gasteiger partial charge is 0.218 e. The fourth-order valence-corrected chi connectivity index (χ4v) is 1.77. The maximum Gasteiger partial charge on any atom is 0.218 e. The molecule has 1 aromatic rings. The van der Waals surface area contributed by atoms with E-state index in [2.05, 4.69) is 15.3 Å². The van der Waals surface area contributed by atoms with Crippen LogP contribution in [0.1, 0.15) is 32.3 Å². The highest BCUT2D eigenvalue weighted by molar-refractivity contribution is 5.83. The van der Waals surface area contributed by atoms with Gasteiger partial charge in [0.25, 0.3) is 0 Å². The summed E-state index contributed by atoms with van der Waals surface area (Å²) in [6, 6.07) is 3.97. The van der Waals surface area contributed by atoms with Crippen molar-refractivity contribution in [2.24, 2.45) is 4.99 Å². The van der Waals surface area contributed by atoms with Gasteiger partial charge in [-0.3, -0.25) is 4.99 Å². The highest BCUT2D eigenvalue weighted by Crippen LogP contribution is 2.16. The van der Waals surface area contributed by atoms with Gasteiger partial charge in [0.2, 0.25) is 5.88 Å². The van der Waals surface area contributed by atoms with Crippen molar-refractivity contribution in [1.29, 1.82) is 0 Å². The second kappa shape index (κ2) is 5.66. The Labute approximate surface area is 102 Å². The maximum atomic E-state index is 5.67. The van der Waals surface area contributed by atoms with Gasteiger partial charge < -0.3 is 10.1 Å². The summed E-state index contributed by atoms with van der Waals surface area (Å²) in [4.78, 5) is 8.65. The number of rotatable bonds is 4. The molecule has 0 unspecified atom stereocenters. The molecule has 4 heteroatoms. The minimum absolute atomic E-state index is 0.146. The van der Waals surface area contributed by atoms with Crippen molar-refractivity contribution >= 4 is 5.84 Å². The van der Waals surface area contributed by atoms with E-state index in [4.69, 9.17) is 4.74 Å². The molecule has 0 spiro atoms. The SMILES string of the molecule is CC(C)Oc1ncccc1CNC1=NCCC1. The van der Waals surface area contributed by atoms with Crippen LogP contribution in [0.4, 0.5) is 0 Å². The van der Waals surface area contributed by atoms with Gasteiger partial charge in [-0.05, 0) is 26.3 Å². The van der Waals surface area contributed by atoms with Crippen LogP contribution in [0, 0.1) is 0 Å². The summed E-state index contributed by atoms with van der Waals surface area (Å²) < 4.78 is 5.67. The van der Waals surface area contributed by atoms with Gasteiger partial charge in [0.05, 0.1) is 11.9 Å². The zero-order valence-electron chi connectivity index (χ0n) is 10.4. The largest absolute Gasteiger partial charge is 0.475 e. The van der Waals surface area contributed by atoms with Gasteiger partial charge in [-0.15, -0.1) is 0 Å². The third-order valence-electron chi connectivity index (χ3n) is 2.55. The van der Waals surface area contributed by atoms with Crippen LogP contribution in [-0.2, 0) is 6.54 Å². The maximum absolute atomic E-state index is 5.67. The molecule has 0 amide bonds. The summed E-state index contributed by atoms with van der Waals surface area (Å²) in [7, 11) is 0. The van der Waals surface area contributed by atoms with E-state index in [1.807, 2.05) is 26.0 Å². The first-order valence-corrected chi connectivity index (χ1v) is 6.13. The molecule has 1 aromatic heterocycles. The lowest BCUT2D eigenvalue weighted by atomic mass is 10.2. The van der Waals surface area contributed by atoms with Crippen molar-refractivity contribution in [2.45, 2.75) is 39.3 Å². The number of aliphatic imine (C=N–C) groups is 1. The van der Waals surface area contributed by atoms with Crippen molar-refractivity contribution < 1.29 is 4.74 Å². The van der Waals surface area contributed by atoms with Crippen LogP contribution in [0.15, 0.2) is 23.3 Å². The van der Waals surface area contributed by atoms with E-state index in [0.29, 0.717) is 5.88 Å². The van der Waals surface area contributed by atoms with Gasteiger partial charge in [0.15, 0.2) is 0 Å². The first-order chi connectivity index (χ1) is 8.25. The molecular weight excluding hydrogens is 214 g/mol. The summed E-state index contributed by atoms with van der Waals surface area (Å²) in [6.45, 7) is 5.69. The molecule has 0 saturated carbocycles. The molecule has 1 aliphatic rings. The Kier molecular flexibility index (Phi) is 3.96. The quantitative estimate of drug-likeness (QED) is 0.866. The van der Waals surface area contributed by atoms with Crippen LogP contribution in [0.3, 0.4) is 0 Å². The van der Waals surface area contributed by atoms with Gasteiger partial charge in [0.1, 0.15) is 0 Å². The van der Waals surface area contributed by atoms with Crippen molar-refractivity contribution in [2.75, 3.05) is 6.54 Å². The van der Waals surface area contributed by atoms with Crippen molar-refractivity contribution in [3.05, 3.63) is 23.9 Å². The lowest BCUT2D eigenvalue weighted by Gasteiger charge is -2.13. The number of nitrogens with zero attached hydrogens (tertiary/aromatic N) is 2. The zero-order chi connectivity index (χ0) is 12.1. The summed E-state index contributed by atoms with van der Waals surface area (Å²) in [5, 5.41) is 3.34. The highest BCUT2D eigenvalue weighted by atomic mass is 16.5. The van der Waals surface area contributed by atoms with Gasteiger partial charge in [-0.2, -0.15) is 0 Å². The monoisotopic (exact) mass is 233 g/mol. The van der Waals surface area contributed by atoms with E-state index >= 15 is 0 Å². The molecule has 0 saturated heterocycles. The Morgan fingerprint density at radius 2 is 2.35 bits per heavy atom. The van der Waals surface area contributed by atoms with Crippen LogP contribution >= 0.6 is 0 Å². The standard InChI is InChI=1S/C13H19N3O/c1-10(2)17-13-11(5-3-8-15-13)9-16-12-6-4-7-14-12/h3,5,8,10H,4,6-7,9H2,1-2H3,(H,14,16). The third kappa shape index (κ3) is 3.44. The molecule has 0 atom stereocenters. The van der Waals surface area contributed by atoms with E-state index < -0.39 is 0 Å². The fraction of sp³-hybridized carbons (Fsp3) is 0.538. The molecule has 1 N–H and O–H groups in total. The minimum Gasteiger partial charge on any atom is -0.475 e. The predicted octanol–water partition coefficient (Wildman–Crippen LogP) is 2.15. The van der Waals surface area contributed by atoms with Crippen LogP contribution < -0.4 is 10.1 Å². The molecule has 0 aliphatic carbocycles. The van der Waals surface area contributed by atoms with Crippen LogP contribution in [-0.4, -0.2) is 23.5 Å². The van der Waals surface area contributed by atoms with E-state index in [1.54, 1.807) is 6.20 Å². The molecule has 17 heavy (non-hydrogen) atoms. The lowest BCUT2D eigenvalue weighted by Crippen LogP contribution is -2.21. The number of pyridine rings is 1. The topological polar surface area (TPSA) is 46.5 Å². The molecule has 1 aliphatic heterocycles. The Morgan fingerprint density at radius 1 is 1.47 bits per heavy atom. The van der Waals surface area contributed by atoms with Gasteiger partial charge in [0, 0.05) is 31.3 Å². The summed E-state index contributed by atoms with van der Waals surface area (Å²) >= 11 is 0. The Hall–Kier alpha value is -1.58. The normalized spacial score (nSPS) is 14.9. The molecule has 0 aromatic carbocycles. The molecule has 0 fully saturated rings. The number of aromatic nitrogens is 1. The summed E-state index contributed by atoms with van der Waals surface area (Å²) in [6.07, 6.45) is 4.12. The Morgan fingerprint density at radius 3 is 3.06 bits per heavy atom. The zero-order valence-corrected chi connectivity index (χ0v) is 10.4. The predicted molar refractivity (Wildman–Crippen MR) is 68.4 cm³/mol. The van der Waals surface area contributed by atoms with Crippen LogP contribution in [0.5, 0.6) is 5.88 Å². The number of ether oxygens (including phenoxy) is 1. The molecule has 92 valence electrons. The van der Waals surface area contributed by atoms with Gasteiger partial charge >= 0.3 is 0 Å². The molecule has 4 nitrogen and oxygen atoms in total. The minimum atomic E-state index is 0.146. The van der Waals surface area contributed by atoms with Crippen molar-refractivity contribution in [3.63, 3.8) is 0 Å². The second-order valence-electron chi connectivity index (χ2n) is 4.42. The first-order valence-electron chi connectivity index (χ1n) is 6.13. The summed E-state index contributed by atoms with van der Waals surface area (Å²) in [5.74, 6) is 1.82. The number of hydrogen-bond donors (Lipinski definition) is 1. The van der Waals surface area contributed by atoms with Crippen LogP contribution in [0.2, 0.25) is 0 Å². The Balaban J connectivity index is 1.98. The number of hydrogen-bond acceptors (Lipinski definition) is 4. The molecule has 2 rings (SSSR count). The molecule has 0 bridgehead atoms. The Bertz CT molecular complexity index is 401. The molecular formula is C13H19N3O. The fourth-order valence-electron chi connectivity index (χ4n) is 1.77. The van der Waals surface area contributed by atoms with E-state index in [0.717, 1.165) is 37.3 Å². The molecule has 2 heterocycles. The third-order valence-corrected chi connectivity index (χ3v) is 2.55. The van der Waals surface area contributed by atoms with Gasteiger partial charge in [-0.25, -0.2) is 4.98 Å². The van der Waals surface area contributed by atoms with E-state index in [9.17, 15) is 0 Å². The van der Waals surface area contributed by atoms with Crippen LogP contribution in [0.25, 0.3) is 0 Å². The van der Waals surface area contributed by atoms with E-state index in [-0.39, 0.29) is 6.10 Å². The second-order valence-corrected chi connectivity index (χ2v) is 4.42. The summed E-state index contributed by atoms with van der Waals surface area (Å²) in [5.41, 5.74) is 1.08. The average molecular weight is 233 g/mol. The molecule has 0 radical (unpaired) electrons. The number of nitrogens with one attached hydrogen (secondary N) is 1. The lowest BCUT2D eigenvalue weighted by molar-refractivity contribution is 0.230. The van der Waals surface area contributed by atoms with Crippen molar-refractivity contribution in [1.82, 2.24) is 10.3 Å².